The average Bonchev–Trinajstić information content (AvgIpc) is 3.20. The molecule has 0 bridgehead atoms. The van der Waals surface area contributed by atoms with Crippen molar-refractivity contribution in [1.82, 2.24) is 4.90 Å². The molecule has 1 aliphatic heterocycles. The maximum absolute atomic E-state index is 13.9. The molecule has 1 saturated carbocycles. The number of allylic oxidation sites excluding steroid dienone is 1. The van der Waals surface area contributed by atoms with Gasteiger partial charge in [-0.2, -0.15) is 0 Å². The fourth-order valence-electron chi connectivity index (χ4n) is 8.51. The number of benzene rings is 2. The first kappa shape index (κ1) is 43.8. The second kappa shape index (κ2) is 20.4. The van der Waals surface area contributed by atoms with Crippen molar-refractivity contribution in [2.24, 2.45) is 22.9 Å². The third-order valence-corrected chi connectivity index (χ3v) is 10.8. The maximum atomic E-state index is 13.9. The molecule has 3 aliphatic rings. The number of hydrogen-bond donors (Lipinski definition) is 3. The van der Waals surface area contributed by atoms with Gasteiger partial charge in [0, 0.05) is 43.2 Å². The fraction of sp³-hybridized carbons (Fsp3) is 0.568. The van der Waals surface area contributed by atoms with E-state index in [-0.39, 0.29) is 70.4 Å². The summed E-state index contributed by atoms with van der Waals surface area (Å²) in [6, 6.07) is 11.8. The van der Waals surface area contributed by atoms with E-state index in [0.717, 1.165) is 43.1 Å². The van der Waals surface area contributed by atoms with Crippen LogP contribution in [0, 0.1) is 17.8 Å². The van der Waals surface area contributed by atoms with E-state index in [4.69, 9.17) is 33.7 Å². The summed E-state index contributed by atoms with van der Waals surface area (Å²) in [6.45, 7) is 10.2. The van der Waals surface area contributed by atoms with Gasteiger partial charge in [0.2, 0.25) is 5.79 Å². The molecule has 5 rings (SSSR count). The van der Waals surface area contributed by atoms with Crippen molar-refractivity contribution < 1.29 is 53.4 Å². The molecule has 13 heteroatoms. The number of oxime groups is 1. The molecule has 0 spiro atoms. The number of fused-ring (bicyclic) bond motifs is 2. The second-order valence-corrected chi connectivity index (χ2v) is 15.8. The molecule has 6 atom stereocenters. The molecule has 2 aromatic carbocycles. The van der Waals surface area contributed by atoms with E-state index < -0.39 is 29.4 Å². The Morgan fingerprint density at radius 1 is 1.02 bits per heavy atom. The topological polar surface area (TPSA) is 166 Å². The van der Waals surface area contributed by atoms with Crippen LogP contribution in [0.1, 0.15) is 87.6 Å². The molecule has 0 radical (unpaired) electrons. The number of carbonyl (C=O) groups is 2. The summed E-state index contributed by atoms with van der Waals surface area (Å²) in [7, 11) is 1.33. The molecular weight excluding hydrogens is 732 g/mol. The van der Waals surface area contributed by atoms with Gasteiger partial charge in [-0.3, -0.25) is 9.69 Å². The Kier molecular flexibility index (Phi) is 15.7. The molecule has 312 valence electrons. The van der Waals surface area contributed by atoms with Gasteiger partial charge in [-0.05, 0) is 94.2 Å². The molecule has 1 fully saturated rings. The number of methoxy groups -OCH3 is 1. The summed E-state index contributed by atoms with van der Waals surface area (Å²) in [5.41, 5.74) is 2.31. The first-order valence-corrected chi connectivity index (χ1v) is 20.1. The minimum Gasteiger partial charge on any atom is -0.459 e. The summed E-state index contributed by atoms with van der Waals surface area (Å²) in [6.07, 6.45) is 8.72. The molecule has 0 saturated heterocycles. The predicted molar refractivity (Wildman–Crippen MR) is 215 cm³/mol. The van der Waals surface area contributed by atoms with Gasteiger partial charge in [0.1, 0.15) is 35.2 Å². The van der Waals surface area contributed by atoms with Crippen LogP contribution in [0.15, 0.2) is 71.9 Å². The molecule has 3 N–H and O–H groups in total. The van der Waals surface area contributed by atoms with E-state index in [1.807, 2.05) is 39.0 Å². The monoisotopic (exact) mass is 792 g/mol. The van der Waals surface area contributed by atoms with Crippen molar-refractivity contribution in [2.45, 2.75) is 89.1 Å². The highest BCUT2D eigenvalue weighted by Crippen LogP contribution is 2.62. The van der Waals surface area contributed by atoms with Crippen LogP contribution in [-0.2, 0) is 19.0 Å². The van der Waals surface area contributed by atoms with Crippen LogP contribution in [-0.4, -0.2) is 109 Å². The Morgan fingerprint density at radius 3 is 2.46 bits per heavy atom. The molecule has 1 heterocycles. The van der Waals surface area contributed by atoms with Crippen LogP contribution in [0.3, 0.4) is 0 Å². The van der Waals surface area contributed by atoms with Crippen molar-refractivity contribution in [1.29, 1.82) is 0 Å². The quantitative estimate of drug-likeness (QED) is 0.0527. The summed E-state index contributed by atoms with van der Waals surface area (Å²) in [5, 5.41) is 34.0. The molecule has 57 heavy (non-hydrogen) atoms. The number of rotatable bonds is 21. The smallest absolute Gasteiger partial charge is 0.410 e. The van der Waals surface area contributed by atoms with E-state index in [9.17, 15) is 24.9 Å². The van der Waals surface area contributed by atoms with Crippen molar-refractivity contribution in [3.05, 3.63) is 77.9 Å². The Bertz CT molecular complexity index is 1720. The van der Waals surface area contributed by atoms with Crippen LogP contribution in [0.25, 0.3) is 0 Å². The minimum atomic E-state index is -1.48. The molecular formula is C44H60N2O11. The van der Waals surface area contributed by atoms with E-state index in [1.54, 1.807) is 35.2 Å². The van der Waals surface area contributed by atoms with Crippen LogP contribution >= 0.6 is 0 Å². The average molecular weight is 793 g/mol. The molecule has 13 nitrogen and oxygen atoms in total. The normalized spacial score (nSPS) is 24.4. The van der Waals surface area contributed by atoms with Crippen LogP contribution in [0.4, 0.5) is 4.79 Å². The number of carbonyl (C=O) groups excluding carboxylic acids is 2. The molecule has 1 amide bonds. The lowest BCUT2D eigenvalue weighted by Gasteiger charge is -2.59. The molecule has 2 aromatic rings. The number of amides is 1. The summed E-state index contributed by atoms with van der Waals surface area (Å²) < 4.78 is 31.6. The Labute approximate surface area is 336 Å². The minimum absolute atomic E-state index is 0.00925. The van der Waals surface area contributed by atoms with Gasteiger partial charge in [0.25, 0.3) is 0 Å². The van der Waals surface area contributed by atoms with Crippen molar-refractivity contribution >= 4 is 18.1 Å². The van der Waals surface area contributed by atoms with Gasteiger partial charge in [-0.15, -0.1) is 6.58 Å². The van der Waals surface area contributed by atoms with Crippen LogP contribution in [0.5, 0.6) is 17.2 Å². The third-order valence-electron chi connectivity index (χ3n) is 10.8. The van der Waals surface area contributed by atoms with Gasteiger partial charge in [0.05, 0.1) is 45.2 Å². The first-order chi connectivity index (χ1) is 27.5. The van der Waals surface area contributed by atoms with Crippen molar-refractivity contribution in [2.75, 3.05) is 53.3 Å². The third kappa shape index (κ3) is 10.4. The molecule has 0 unspecified atom stereocenters. The van der Waals surface area contributed by atoms with Gasteiger partial charge in [-0.25, -0.2) is 4.79 Å². The number of ether oxygens (including phenoxy) is 5. The highest BCUT2D eigenvalue weighted by molar-refractivity contribution is 6.03. The van der Waals surface area contributed by atoms with E-state index in [1.165, 1.54) is 7.11 Å². The highest BCUT2D eigenvalue weighted by Gasteiger charge is 2.65. The van der Waals surface area contributed by atoms with Crippen molar-refractivity contribution in [3.8, 4) is 17.2 Å². The van der Waals surface area contributed by atoms with Crippen LogP contribution in [0.2, 0.25) is 0 Å². The largest absolute Gasteiger partial charge is 0.459 e. The van der Waals surface area contributed by atoms with Gasteiger partial charge >= 0.3 is 6.09 Å². The number of unbranched alkanes of at least 4 members (excludes halogenated alkanes) is 2. The highest BCUT2D eigenvalue weighted by atomic mass is 16.7. The standard InChI is InChI=1S/C44H60N2O11/c1-6-22-54-44-39(46(42(51)52-5)18-23-53-24-21-49)28-37(45-57-43(2,3)4)35-26-31(13-7-9-19-47)34(15-8-10-20-48)40(41(35)44)36-27-33(16-17-38(36)56-44)55-32-14-11-12-30(25-32)29-50/h6,11-12,14,16-17,25-27,29,31,34,39-41,47-49H,1,7-10,13,15,18-24,28H2,2-5H3/t31-,34+,39-,40+,41+,44+/m0/s1. The lowest BCUT2D eigenvalue weighted by Crippen LogP contribution is -2.70. The number of aldehydes is 1. The zero-order chi connectivity index (χ0) is 41.0. The summed E-state index contributed by atoms with van der Waals surface area (Å²) in [4.78, 5) is 33.2. The summed E-state index contributed by atoms with van der Waals surface area (Å²) >= 11 is 0. The van der Waals surface area contributed by atoms with Crippen molar-refractivity contribution in [3.63, 3.8) is 0 Å². The number of aliphatic hydroxyl groups excluding tert-OH is 3. The summed E-state index contributed by atoms with van der Waals surface area (Å²) in [5.74, 6) is -0.596. The van der Waals surface area contributed by atoms with E-state index >= 15 is 0 Å². The molecule has 0 aromatic heterocycles. The van der Waals surface area contributed by atoms with Gasteiger partial charge in [-0.1, -0.05) is 42.3 Å². The lowest BCUT2D eigenvalue weighted by atomic mass is 9.55. The van der Waals surface area contributed by atoms with Gasteiger partial charge < -0.3 is 43.8 Å². The van der Waals surface area contributed by atoms with Gasteiger partial charge in [0.15, 0.2) is 0 Å². The Balaban J connectivity index is 1.78. The number of nitrogens with zero attached hydrogens (tertiary/aromatic N) is 2. The molecule has 2 aliphatic carbocycles. The maximum Gasteiger partial charge on any atom is 0.410 e. The second-order valence-electron chi connectivity index (χ2n) is 15.8. The number of aliphatic hydroxyl groups is 3. The first-order valence-electron chi connectivity index (χ1n) is 20.1. The van der Waals surface area contributed by atoms with Crippen LogP contribution < -0.4 is 9.47 Å². The fourth-order valence-corrected chi connectivity index (χ4v) is 8.51. The Morgan fingerprint density at radius 2 is 1.77 bits per heavy atom. The zero-order valence-corrected chi connectivity index (χ0v) is 33.8. The van der Waals surface area contributed by atoms with E-state index in [0.29, 0.717) is 41.4 Å². The SMILES string of the molecule is C=CCO[C@@]12Oc3ccc(Oc4cccc(C=O)c4)cc3[C@H]3[C@H](CCCCO)[C@@H](CCCCO)C=C(C(=NOC(C)(C)C)C[C@@H]1N(CCOCCO)C(=O)OC)[C@H]32. The zero-order valence-electron chi connectivity index (χ0n) is 33.8. The Hall–Kier alpha value is -4.27. The number of hydrogen-bond acceptors (Lipinski definition) is 12. The van der Waals surface area contributed by atoms with E-state index in [2.05, 4.69) is 12.7 Å². The predicted octanol–water partition coefficient (Wildman–Crippen LogP) is 6.80. The lowest BCUT2D eigenvalue weighted by molar-refractivity contribution is -0.256.